The second kappa shape index (κ2) is 9.80. The molecule has 0 radical (unpaired) electrons. The van der Waals surface area contributed by atoms with Crippen molar-refractivity contribution in [2.75, 3.05) is 52.5 Å². The minimum atomic E-state index is -2.71. The number of morpholine rings is 1. The Hall–Kier alpha value is -0.990. The van der Waals surface area contributed by atoms with Crippen molar-refractivity contribution in [3.8, 4) is 5.75 Å². The van der Waals surface area contributed by atoms with Gasteiger partial charge < -0.3 is 14.2 Å². The van der Waals surface area contributed by atoms with Gasteiger partial charge in [-0.1, -0.05) is 17.7 Å². The SMILES string of the molecule is FC(F)O[C@H]1CCN(Cc2ccc(OCCN3CCOCC3)c(Cl)c2)C1. The normalized spacial score (nSPS) is 22.2. The summed E-state index contributed by atoms with van der Waals surface area (Å²) in [7, 11) is 0. The lowest BCUT2D eigenvalue weighted by Crippen LogP contribution is -2.38. The van der Waals surface area contributed by atoms with Crippen LogP contribution < -0.4 is 4.74 Å². The molecule has 1 aromatic rings. The van der Waals surface area contributed by atoms with E-state index in [1.807, 2.05) is 18.2 Å². The largest absolute Gasteiger partial charge is 0.491 e. The van der Waals surface area contributed by atoms with Crippen molar-refractivity contribution >= 4 is 11.6 Å². The molecule has 2 aliphatic rings. The molecule has 0 aliphatic carbocycles. The van der Waals surface area contributed by atoms with Crippen LogP contribution in [0.4, 0.5) is 8.78 Å². The van der Waals surface area contributed by atoms with Crippen LogP contribution in [0.5, 0.6) is 5.75 Å². The van der Waals surface area contributed by atoms with E-state index >= 15 is 0 Å². The maximum absolute atomic E-state index is 12.3. The predicted molar refractivity (Wildman–Crippen MR) is 95.0 cm³/mol. The molecule has 0 unspecified atom stereocenters. The fourth-order valence-corrected chi connectivity index (χ4v) is 3.58. The number of rotatable bonds is 8. The lowest BCUT2D eigenvalue weighted by Gasteiger charge is -2.26. The summed E-state index contributed by atoms with van der Waals surface area (Å²) in [5, 5.41) is 0.573. The lowest BCUT2D eigenvalue weighted by molar-refractivity contribution is -0.158. The van der Waals surface area contributed by atoms with E-state index in [0.717, 1.165) is 45.0 Å². The van der Waals surface area contributed by atoms with E-state index in [9.17, 15) is 8.78 Å². The van der Waals surface area contributed by atoms with Gasteiger partial charge in [-0.25, -0.2) is 0 Å². The highest BCUT2D eigenvalue weighted by Crippen LogP contribution is 2.27. The lowest BCUT2D eigenvalue weighted by atomic mass is 10.2. The van der Waals surface area contributed by atoms with E-state index in [2.05, 4.69) is 14.5 Å². The molecule has 146 valence electrons. The molecule has 2 aliphatic heterocycles. The van der Waals surface area contributed by atoms with Crippen LogP contribution in [0.25, 0.3) is 0 Å². The summed E-state index contributed by atoms with van der Waals surface area (Å²) in [6.07, 6.45) is 0.231. The Balaban J connectivity index is 1.43. The summed E-state index contributed by atoms with van der Waals surface area (Å²) in [6.45, 7) is 4.06. The van der Waals surface area contributed by atoms with Gasteiger partial charge in [-0.15, -0.1) is 0 Å². The average Bonchev–Trinajstić information content (AvgIpc) is 3.04. The van der Waals surface area contributed by atoms with Crippen LogP contribution in [0.2, 0.25) is 5.02 Å². The van der Waals surface area contributed by atoms with Crippen molar-refractivity contribution in [2.45, 2.75) is 25.7 Å². The first-order valence-electron chi connectivity index (χ1n) is 8.97. The molecule has 2 saturated heterocycles. The van der Waals surface area contributed by atoms with Gasteiger partial charge in [-0.3, -0.25) is 9.80 Å². The highest BCUT2D eigenvalue weighted by molar-refractivity contribution is 6.32. The van der Waals surface area contributed by atoms with Crippen molar-refractivity contribution in [1.82, 2.24) is 9.80 Å². The zero-order valence-corrected chi connectivity index (χ0v) is 15.5. The van der Waals surface area contributed by atoms with Crippen LogP contribution in [0.3, 0.4) is 0 Å². The molecule has 26 heavy (non-hydrogen) atoms. The Morgan fingerprint density at radius 2 is 2.00 bits per heavy atom. The fraction of sp³-hybridized carbons (Fsp3) is 0.667. The molecule has 0 N–H and O–H groups in total. The van der Waals surface area contributed by atoms with E-state index < -0.39 is 12.7 Å². The first kappa shape index (κ1) is 19.8. The summed E-state index contributed by atoms with van der Waals surface area (Å²) in [5.41, 5.74) is 1.04. The second-order valence-electron chi connectivity index (χ2n) is 6.61. The van der Waals surface area contributed by atoms with Crippen molar-refractivity contribution < 1.29 is 23.0 Å². The van der Waals surface area contributed by atoms with Gasteiger partial charge in [0.05, 0.1) is 24.3 Å². The number of benzene rings is 1. The highest BCUT2D eigenvalue weighted by atomic mass is 35.5. The number of nitrogens with zero attached hydrogens (tertiary/aromatic N) is 2. The molecule has 2 fully saturated rings. The third-order valence-electron chi connectivity index (χ3n) is 4.70. The molecule has 1 aromatic carbocycles. The number of ether oxygens (including phenoxy) is 3. The Kier molecular flexibility index (Phi) is 7.45. The van der Waals surface area contributed by atoms with Crippen LogP contribution in [0, 0.1) is 0 Å². The summed E-state index contributed by atoms with van der Waals surface area (Å²) in [6, 6.07) is 5.73. The number of halogens is 3. The van der Waals surface area contributed by atoms with E-state index in [1.54, 1.807) is 0 Å². The summed E-state index contributed by atoms with van der Waals surface area (Å²) < 4.78 is 40.3. The summed E-state index contributed by atoms with van der Waals surface area (Å²) in [4.78, 5) is 4.40. The molecule has 2 heterocycles. The molecule has 5 nitrogen and oxygen atoms in total. The Morgan fingerprint density at radius 1 is 1.19 bits per heavy atom. The van der Waals surface area contributed by atoms with Gasteiger partial charge in [0.2, 0.25) is 0 Å². The molecule has 8 heteroatoms. The molecule has 1 atom stereocenters. The number of alkyl halides is 2. The average molecular weight is 391 g/mol. The monoisotopic (exact) mass is 390 g/mol. The van der Waals surface area contributed by atoms with Crippen molar-refractivity contribution in [3.63, 3.8) is 0 Å². The minimum absolute atomic E-state index is 0.395. The van der Waals surface area contributed by atoms with Crippen molar-refractivity contribution in [2.24, 2.45) is 0 Å². The minimum Gasteiger partial charge on any atom is -0.491 e. The standard InChI is InChI=1S/C18H25ClF2N2O3/c19-16-11-14(12-23-4-3-15(13-23)26-18(20)21)1-2-17(16)25-10-7-22-5-8-24-9-6-22/h1-2,11,15,18H,3-10,12-13H2/t15-/m0/s1. The molecule has 0 aromatic heterocycles. The third kappa shape index (κ3) is 6.03. The Labute approximate surface area is 157 Å². The van der Waals surface area contributed by atoms with Gasteiger partial charge >= 0.3 is 6.61 Å². The van der Waals surface area contributed by atoms with Gasteiger partial charge in [0, 0.05) is 39.3 Å². The van der Waals surface area contributed by atoms with Gasteiger partial charge in [0.1, 0.15) is 12.4 Å². The molecule has 0 amide bonds. The summed E-state index contributed by atoms with van der Waals surface area (Å²) in [5.74, 6) is 0.670. The Morgan fingerprint density at radius 3 is 2.73 bits per heavy atom. The molecular formula is C18H25ClF2N2O3. The summed E-state index contributed by atoms with van der Waals surface area (Å²) >= 11 is 6.33. The van der Waals surface area contributed by atoms with Gasteiger partial charge in [-0.05, 0) is 24.1 Å². The van der Waals surface area contributed by atoms with Gasteiger partial charge in [0.25, 0.3) is 0 Å². The van der Waals surface area contributed by atoms with Crippen LogP contribution >= 0.6 is 11.6 Å². The maximum Gasteiger partial charge on any atom is 0.345 e. The first-order chi connectivity index (χ1) is 12.6. The molecule has 3 rings (SSSR count). The van der Waals surface area contributed by atoms with Gasteiger partial charge in [0.15, 0.2) is 0 Å². The van der Waals surface area contributed by atoms with Crippen molar-refractivity contribution in [3.05, 3.63) is 28.8 Å². The zero-order valence-electron chi connectivity index (χ0n) is 14.7. The Bertz CT molecular complexity index is 573. The number of hydrogen-bond donors (Lipinski definition) is 0. The van der Waals surface area contributed by atoms with Crippen LogP contribution in [0.1, 0.15) is 12.0 Å². The topological polar surface area (TPSA) is 34.2 Å². The second-order valence-corrected chi connectivity index (χ2v) is 7.02. The first-order valence-corrected chi connectivity index (χ1v) is 9.35. The highest BCUT2D eigenvalue weighted by Gasteiger charge is 2.25. The predicted octanol–water partition coefficient (Wildman–Crippen LogP) is 2.86. The van der Waals surface area contributed by atoms with Crippen LogP contribution in [0.15, 0.2) is 18.2 Å². The molecule has 0 spiro atoms. The molecule has 0 saturated carbocycles. The van der Waals surface area contributed by atoms with Crippen LogP contribution in [-0.2, 0) is 16.0 Å². The quantitative estimate of drug-likeness (QED) is 0.682. The molecule has 0 bridgehead atoms. The fourth-order valence-electron chi connectivity index (χ4n) is 3.32. The third-order valence-corrected chi connectivity index (χ3v) is 4.99. The van der Waals surface area contributed by atoms with E-state index in [4.69, 9.17) is 21.1 Å². The van der Waals surface area contributed by atoms with E-state index in [-0.39, 0.29) is 0 Å². The molecular weight excluding hydrogens is 366 g/mol. The number of likely N-dealkylation sites (tertiary alicyclic amines) is 1. The van der Waals surface area contributed by atoms with Gasteiger partial charge in [-0.2, -0.15) is 8.78 Å². The van der Waals surface area contributed by atoms with E-state index in [0.29, 0.717) is 36.9 Å². The smallest absolute Gasteiger partial charge is 0.345 e. The van der Waals surface area contributed by atoms with Crippen LogP contribution in [-0.4, -0.2) is 75.1 Å². The van der Waals surface area contributed by atoms with Crippen molar-refractivity contribution in [1.29, 1.82) is 0 Å². The number of hydrogen-bond acceptors (Lipinski definition) is 5. The maximum atomic E-state index is 12.3. The zero-order chi connectivity index (χ0) is 18.4. The van der Waals surface area contributed by atoms with E-state index in [1.165, 1.54) is 0 Å².